The topological polar surface area (TPSA) is 97.2 Å². The fourth-order valence-corrected chi connectivity index (χ4v) is 0.787. The van der Waals surface area contributed by atoms with Gasteiger partial charge in [0.2, 0.25) is 0 Å². The van der Waals surface area contributed by atoms with E-state index >= 15 is 0 Å². The van der Waals surface area contributed by atoms with Crippen LogP contribution in [0.1, 0.15) is 5.69 Å². The molecule has 0 radical (unpaired) electrons. The van der Waals surface area contributed by atoms with Crippen molar-refractivity contribution in [3.8, 4) is 0 Å². The Morgan fingerprint density at radius 2 is 2.17 bits per heavy atom. The maximum atomic E-state index is 8.89. The van der Waals surface area contributed by atoms with E-state index < -0.39 is 5.54 Å². The van der Waals surface area contributed by atoms with E-state index in [2.05, 4.69) is 10.3 Å². The van der Waals surface area contributed by atoms with Crippen LogP contribution < -0.4 is 5.73 Å². The highest BCUT2D eigenvalue weighted by Crippen LogP contribution is 2.12. The second kappa shape index (κ2) is 3.18. The molecule has 12 heavy (non-hydrogen) atoms. The van der Waals surface area contributed by atoms with Gasteiger partial charge in [0, 0.05) is 7.05 Å². The zero-order chi connectivity index (χ0) is 9.19. The van der Waals surface area contributed by atoms with Gasteiger partial charge in [0.25, 0.3) is 0 Å². The lowest BCUT2D eigenvalue weighted by Crippen LogP contribution is -2.44. The molecule has 0 saturated heterocycles. The Morgan fingerprint density at radius 1 is 1.58 bits per heavy atom. The number of nitrogens with two attached hydrogens (primary N) is 1. The molecule has 0 aliphatic rings. The van der Waals surface area contributed by atoms with Crippen molar-refractivity contribution in [2.45, 2.75) is 5.54 Å². The monoisotopic (exact) mass is 172 g/mol. The average Bonchev–Trinajstić information content (AvgIpc) is 2.51. The summed E-state index contributed by atoms with van der Waals surface area (Å²) in [6.07, 6.45) is 1.56. The Labute approximate surface area is 69.6 Å². The molecule has 0 unspecified atom stereocenters. The number of aliphatic hydroxyl groups excluding tert-OH is 2. The van der Waals surface area contributed by atoms with Gasteiger partial charge in [0.1, 0.15) is 11.2 Å². The molecule has 1 aromatic rings. The van der Waals surface area contributed by atoms with Gasteiger partial charge in [0.05, 0.1) is 19.4 Å². The molecule has 68 valence electrons. The Kier molecular flexibility index (Phi) is 2.41. The van der Waals surface area contributed by atoms with Crippen molar-refractivity contribution in [2.75, 3.05) is 13.2 Å². The van der Waals surface area contributed by atoms with Crippen molar-refractivity contribution in [1.82, 2.24) is 15.0 Å². The lowest BCUT2D eigenvalue weighted by atomic mass is 10.0. The first-order valence-corrected chi connectivity index (χ1v) is 3.50. The molecule has 0 saturated carbocycles. The van der Waals surface area contributed by atoms with E-state index in [4.69, 9.17) is 15.9 Å². The molecule has 0 aromatic carbocycles. The minimum absolute atomic E-state index is 0.359. The molecule has 0 aliphatic carbocycles. The molecule has 0 spiro atoms. The van der Waals surface area contributed by atoms with E-state index in [1.807, 2.05) is 0 Å². The summed E-state index contributed by atoms with van der Waals surface area (Å²) in [6.45, 7) is -0.718. The van der Waals surface area contributed by atoms with Crippen LogP contribution in [0, 0.1) is 0 Å². The van der Waals surface area contributed by atoms with E-state index in [0.29, 0.717) is 5.69 Å². The van der Waals surface area contributed by atoms with E-state index in [9.17, 15) is 0 Å². The van der Waals surface area contributed by atoms with Gasteiger partial charge < -0.3 is 15.9 Å². The lowest BCUT2D eigenvalue weighted by Gasteiger charge is -2.20. The SMILES string of the molecule is Cn1cc(C(N)(CO)CO)nn1. The molecule has 6 heteroatoms. The molecule has 1 aromatic heterocycles. The van der Waals surface area contributed by atoms with Gasteiger partial charge in [0.15, 0.2) is 0 Å². The van der Waals surface area contributed by atoms with Crippen molar-refractivity contribution >= 4 is 0 Å². The first-order chi connectivity index (χ1) is 5.62. The Bertz CT molecular complexity index is 256. The Balaban J connectivity index is 2.94. The first-order valence-electron chi connectivity index (χ1n) is 3.50. The number of hydrogen-bond donors (Lipinski definition) is 3. The zero-order valence-corrected chi connectivity index (χ0v) is 6.80. The summed E-state index contributed by atoms with van der Waals surface area (Å²) in [4.78, 5) is 0. The number of aryl methyl sites for hydroxylation is 1. The Morgan fingerprint density at radius 3 is 2.50 bits per heavy atom. The van der Waals surface area contributed by atoms with Crippen molar-refractivity contribution in [2.24, 2.45) is 12.8 Å². The second-order valence-corrected chi connectivity index (χ2v) is 2.75. The van der Waals surface area contributed by atoms with Crippen LogP contribution in [0.4, 0.5) is 0 Å². The van der Waals surface area contributed by atoms with E-state index in [1.165, 1.54) is 4.68 Å². The first kappa shape index (κ1) is 9.11. The van der Waals surface area contributed by atoms with Crippen LogP contribution in [0.25, 0.3) is 0 Å². The predicted octanol–water partition coefficient (Wildman–Crippen LogP) is -2.05. The molecule has 0 atom stereocenters. The van der Waals surface area contributed by atoms with Crippen LogP contribution in [-0.2, 0) is 12.6 Å². The van der Waals surface area contributed by atoms with Gasteiger partial charge in [-0.2, -0.15) is 0 Å². The van der Waals surface area contributed by atoms with Gasteiger partial charge in [-0.25, -0.2) is 0 Å². The van der Waals surface area contributed by atoms with Crippen LogP contribution in [0.15, 0.2) is 6.20 Å². The highest BCUT2D eigenvalue weighted by molar-refractivity contribution is 5.09. The number of aliphatic hydroxyl groups is 2. The van der Waals surface area contributed by atoms with Crippen molar-refractivity contribution < 1.29 is 10.2 Å². The van der Waals surface area contributed by atoms with Gasteiger partial charge in [-0.15, -0.1) is 5.10 Å². The zero-order valence-electron chi connectivity index (χ0n) is 6.80. The normalized spacial score (nSPS) is 12.0. The third-order valence-electron chi connectivity index (χ3n) is 1.68. The highest BCUT2D eigenvalue weighted by Gasteiger charge is 2.28. The van der Waals surface area contributed by atoms with Gasteiger partial charge in [-0.05, 0) is 0 Å². The van der Waals surface area contributed by atoms with E-state index in [-0.39, 0.29) is 13.2 Å². The smallest absolute Gasteiger partial charge is 0.109 e. The summed E-state index contributed by atoms with van der Waals surface area (Å²) in [6, 6.07) is 0. The fraction of sp³-hybridized carbons (Fsp3) is 0.667. The molecule has 4 N–H and O–H groups in total. The molecule has 1 heterocycles. The lowest BCUT2D eigenvalue weighted by molar-refractivity contribution is 0.118. The summed E-state index contributed by atoms with van der Waals surface area (Å²) >= 11 is 0. The number of aromatic nitrogens is 3. The number of hydrogen-bond acceptors (Lipinski definition) is 5. The molecular formula is C6H12N4O2. The molecule has 0 amide bonds. The highest BCUT2D eigenvalue weighted by atomic mass is 16.3. The number of rotatable bonds is 3. The minimum Gasteiger partial charge on any atom is -0.394 e. The van der Waals surface area contributed by atoms with Crippen LogP contribution in [0.3, 0.4) is 0 Å². The van der Waals surface area contributed by atoms with Gasteiger partial charge in [-0.1, -0.05) is 5.21 Å². The van der Waals surface area contributed by atoms with E-state index in [1.54, 1.807) is 13.2 Å². The molecule has 0 fully saturated rings. The third kappa shape index (κ3) is 1.45. The van der Waals surface area contributed by atoms with E-state index in [0.717, 1.165) is 0 Å². The number of nitrogens with zero attached hydrogens (tertiary/aromatic N) is 3. The van der Waals surface area contributed by atoms with Crippen LogP contribution in [0.2, 0.25) is 0 Å². The Hall–Kier alpha value is -0.980. The quantitative estimate of drug-likeness (QED) is 0.487. The molecule has 6 nitrogen and oxygen atoms in total. The van der Waals surface area contributed by atoms with Crippen molar-refractivity contribution in [3.63, 3.8) is 0 Å². The average molecular weight is 172 g/mol. The summed E-state index contributed by atoms with van der Waals surface area (Å²) in [7, 11) is 1.69. The summed E-state index contributed by atoms with van der Waals surface area (Å²) in [5.41, 5.74) is 4.81. The largest absolute Gasteiger partial charge is 0.394 e. The maximum absolute atomic E-state index is 8.89. The van der Waals surface area contributed by atoms with Gasteiger partial charge >= 0.3 is 0 Å². The molecule has 0 bridgehead atoms. The summed E-state index contributed by atoms with van der Waals surface area (Å²) in [5.74, 6) is 0. The van der Waals surface area contributed by atoms with Crippen molar-refractivity contribution in [1.29, 1.82) is 0 Å². The summed E-state index contributed by atoms with van der Waals surface area (Å²) < 4.78 is 1.46. The molecule has 1 rings (SSSR count). The standard InChI is InChI=1S/C6H12N4O2/c1-10-2-5(8-9-10)6(7,3-11)4-12/h2,11-12H,3-4,7H2,1H3. The molecular weight excluding hydrogens is 160 g/mol. The van der Waals surface area contributed by atoms with Gasteiger partial charge in [-0.3, -0.25) is 4.68 Å². The second-order valence-electron chi connectivity index (χ2n) is 2.75. The van der Waals surface area contributed by atoms with Crippen molar-refractivity contribution in [3.05, 3.63) is 11.9 Å². The van der Waals surface area contributed by atoms with Crippen LogP contribution in [-0.4, -0.2) is 38.4 Å². The van der Waals surface area contributed by atoms with Crippen LogP contribution in [0.5, 0.6) is 0 Å². The predicted molar refractivity (Wildman–Crippen MR) is 41.0 cm³/mol. The molecule has 0 aliphatic heterocycles. The minimum atomic E-state index is -1.19. The third-order valence-corrected chi connectivity index (χ3v) is 1.68. The maximum Gasteiger partial charge on any atom is 0.109 e. The summed E-state index contributed by atoms with van der Waals surface area (Å²) in [5, 5.41) is 25.1. The fourth-order valence-electron chi connectivity index (χ4n) is 0.787. The van der Waals surface area contributed by atoms with Crippen LogP contribution >= 0.6 is 0 Å².